The van der Waals surface area contributed by atoms with Gasteiger partial charge in [0.25, 0.3) is 0 Å². The third-order valence-corrected chi connectivity index (χ3v) is 5.99. The largest absolute Gasteiger partial charge is 0.459 e. The van der Waals surface area contributed by atoms with Gasteiger partial charge in [0, 0.05) is 6.54 Å². The summed E-state index contributed by atoms with van der Waals surface area (Å²) in [6.07, 6.45) is -0.226. The zero-order valence-corrected chi connectivity index (χ0v) is 22.5. The first-order valence-corrected chi connectivity index (χ1v) is 12.8. The van der Waals surface area contributed by atoms with Gasteiger partial charge in [-0.1, -0.05) is 72.8 Å². The molecule has 3 aromatic carbocycles. The van der Waals surface area contributed by atoms with Crippen LogP contribution < -0.4 is 11.2 Å². The number of esters is 1. The number of fused-ring (bicyclic) bond motifs is 1. The molecule has 3 aromatic rings. The minimum Gasteiger partial charge on any atom is -0.459 e. The quantitative estimate of drug-likeness (QED) is 0.124. The average Bonchev–Trinajstić information content (AvgIpc) is 2.88. The van der Waals surface area contributed by atoms with Crippen molar-refractivity contribution in [2.45, 2.75) is 58.8 Å². The SMILES string of the molecule is C[C@H](NC(=O)[C@H](CCCN(N)C(=O)OCc1ccccc1)C(=O)OC(C)(C)C)c1cccc2ccccc12. The van der Waals surface area contributed by atoms with Gasteiger partial charge in [0.1, 0.15) is 18.1 Å². The van der Waals surface area contributed by atoms with Gasteiger partial charge in [-0.3, -0.25) is 9.59 Å². The molecule has 2 amide bonds. The van der Waals surface area contributed by atoms with Crippen molar-refractivity contribution in [3.8, 4) is 0 Å². The number of amides is 2. The number of benzene rings is 3. The molecule has 0 aromatic heterocycles. The second-order valence-corrected chi connectivity index (χ2v) is 10.3. The molecule has 0 aliphatic rings. The number of nitrogens with one attached hydrogen (secondary N) is 1. The maximum atomic E-state index is 13.3. The van der Waals surface area contributed by atoms with Gasteiger partial charge in [0.15, 0.2) is 0 Å². The zero-order valence-electron chi connectivity index (χ0n) is 22.5. The normalized spacial score (nSPS) is 12.9. The topological polar surface area (TPSA) is 111 Å². The summed E-state index contributed by atoms with van der Waals surface area (Å²) in [4.78, 5) is 38.6. The lowest BCUT2D eigenvalue weighted by Crippen LogP contribution is -2.42. The first-order valence-electron chi connectivity index (χ1n) is 12.8. The number of carbonyl (C=O) groups excluding carboxylic acids is 3. The van der Waals surface area contributed by atoms with Crippen LogP contribution in [0.15, 0.2) is 72.8 Å². The number of hydrazine groups is 1. The summed E-state index contributed by atoms with van der Waals surface area (Å²) in [6.45, 7) is 7.35. The number of nitrogens with zero attached hydrogens (tertiary/aromatic N) is 1. The molecule has 8 nitrogen and oxygen atoms in total. The molecule has 202 valence electrons. The Bertz CT molecular complexity index is 1230. The van der Waals surface area contributed by atoms with Crippen LogP contribution in [0.4, 0.5) is 4.79 Å². The summed E-state index contributed by atoms with van der Waals surface area (Å²) in [5.74, 6) is 3.77. The van der Waals surface area contributed by atoms with Crippen LogP contribution in [0.2, 0.25) is 0 Å². The monoisotopic (exact) mass is 519 g/mol. The fourth-order valence-corrected chi connectivity index (χ4v) is 4.11. The molecule has 0 aliphatic heterocycles. The van der Waals surface area contributed by atoms with Crippen molar-refractivity contribution in [2.24, 2.45) is 11.8 Å². The van der Waals surface area contributed by atoms with E-state index in [1.807, 2.05) is 79.7 Å². The summed E-state index contributed by atoms with van der Waals surface area (Å²) in [5.41, 5.74) is 1.04. The minimum atomic E-state index is -1.06. The highest BCUT2D eigenvalue weighted by atomic mass is 16.6. The van der Waals surface area contributed by atoms with Crippen molar-refractivity contribution in [2.75, 3.05) is 6.54 Å². The van der Waals surface area contributed by atoms with Crippen molar-refractivity contribution in [1.82, 2.24) is 10.3 Å². The van der Waals surface area contributed by atoms with Crippen LogP contribution >= 0.6 is 0 Å². The Hall–Kier alpha value is -3.91. The smallest absolute Gasteiger partial charge is 0.424 e. The molecule has 0 saturated carbocycles. The average molecular weight is 520 g/mol. The standard InChI is InChI=1S/C30H37N3O5/c1-21(24-17-10-15-23-14-8-9-16-25(23)24)32-27(34)26(28(35)38-30(2,3)4)18-11-19-33(31)29(36)37-20-22-12-6-5-7-13-22/h5-10,12-17,21,26H,11,18-20,31H2,1-4H3,(H,32,34)/t21-,26-/m0/s1. The van der Waals surface area contributed by atoms with E-state index in [9.17, 15) is 14.4 Å². The first-order chi connectivity index (χ1) is 18.0. The second kappa shape index (κ2) is 13.1. The summed E-state index contributed by atoms with van der Waals surface area (Å²) in [7, 11) is 0. The van der Waals surface area contributed by atoms with E-state index in [4.69, 9.17) is 15.3 Å². The maximum absolute atomic E-state index is 13.3. The molecule has 0 aliphatic carbocycles. The van der Waals surface area contributed by atoms with Crippen molar-refractivity contribution in [3.05, 3.63) is 83.9 Å². The molecule has 0 radical (unpaired) electrons. The van der Waals surface area contributed by atoms with E-state index in [1.165, 1.54) is 0 Å². The van der Waals surface area contributed by atoms with E-state index in [0.29, 0.717) is 6.42 Å². The third-order valence-electron chi connectivity index (χ3n) is 5.99. The second-order valence-electron chi connectivity index (χ2n) is 10.3. The Morgan fingerprint density at radius 3 is 2.32 bits per heavy atom. The Morgan fingerprint density at radius 2 is 1.61 bits per heavy atom. The highest BCUT2D eigenvalue weighted by Crippen LogP contribution is 2.25. The molecule has 0 saturated heterocycles. The lowest BCUT2D eigenvalue weighted by atomic mass is 9.97. The van der Waals surface area contributed by atoms with Crippen LogP contribution in [0.1, 0.15) is 57.7 Å². The van der Waals surface area contributed by atoms with Crippen LogP contribution in [-0.2, 0) is 25.7 Å². The molecule has 3 N–H and O–H groups in total. The van der Waals surface area contributed by atoms with Crippen LogP contribution in [0.25, 0.3) is 10.8 Å². The van der Waals surface area contributed by atoms with E-state index < -0.39 is 29.5 Å². The Morgan fingerprint density at radius 1 is 0.947 bits per heavy atom. The van der Waals surface area contributed by atoms with Crippen LogP contribution in [0.5, 0.6) is 0 Å². The van der Waals surface area contributed by atoms with Crippen LogP contribution in [0.3, 0.4) is 0 Å². The van der Waals surface area contributed by atoms with Crippen LogP contribution in [-0.4, -0.2) is 35.1 Å². The molecule has 0 spiro atoms. The first kappa shape index (κ1) is 28.7. The van der Waals surface area contributed by atoms with Gasteiger partial charge in [-0.05, 0) is 62.4 Å². The van der Waals surface area contributed by atoms with Crippen molar-refractivity contribution < 1.29 is 23.9 Å². The van der Waals surface area contributed by atoms with Gasteiger partial charge < -0.3 is 14.8 Å². The molecular formula is C30H37N3O5. The molecule has 2 atom stereocenters. The number of ether oxygens (including phenoxy) is 2. The predicted octanol–water partition coefficient (Wildman–Crippen LogP) is 5.27. The zero-order chi connectivity index (χ0) is 27.7. The highest BCUT2D eigenvalue weighted by molar-refractivity contribution is 5.98. The minimum absolute atomic E-state index is 0.0996. The molecule has 38 heavy (non-hydrogen) atoms. The number of nitrogens with two attached hydrogens (primary N) is 1. The van der Waals surface area contributed by atoms with Crippen molar-refractivity contribution in [1.29, 1.82) is 0 Å². The molecule has 3 rings (SSSR count). The third kappa shape index (κ3) is 8.31. The van der Waals surface area contributed by atoms with Crippen LogP contribution in [0, 0.1) is 5.92 Å². The Kier molecular flexibility index (Phi) is 9.85. The molecule has 0 heterocycles. The molecule has 0 unspecified atom stereocenters. The maximum Gasteiger partial charge on any atom is 0.424 e. The van der Waals surface area contributed by atoms with Crippen molar-refractivity contribution in [3.63, 3.8) is 0 Å². The van der Waals surface area contributed by atoms with Gasteiger partial charge in [-0.2, -0.15) is 0 Å². The summed E-state index contributed by atoms with van der Waals surface area (Å²) >= 11 is 0. The molecule has 8 heteroatoms. The summed E-state index contributed by atoms with van der Waals surface area (Å²) < 4.78 is 10.8. The van der Waals surface area contributed by atoms with E-state index in [-0.39, 0.29) is 25.6 Å². The van der Waals surface area contributed by atoms with E-state index in [2.05, 4.69) is 5.32 Å². The van der Waals surface area contributed by atoms with Gasteiger partial charge >= 0.3 is 12.1 Å². The van der Waals surface area contributed by atoms with Gasteiger partial charge in [-0.25, -0.2) is 15.6 Å². The van der Waals surface area contributed by atoms with Gasteiger partial charge in [-0.15, -0.1) is 0 Å². The number of carbonyl (C=O) groups is 3. The Balaban J connectivity index is 1.62. The van der Waals surface area contributed by atoms with Crippen molar-refractivity contribution >= 4 is 28.7 Å². The number of rotatable bonds is 10. The lowest BCUT2D eigenvalue weighted by Gasteiger charge is -2.25. The van der Waals surface area contributed by atoms with Gasteiger partial charge in [0.2, 0.25) is 5.91 Å². The molecule has 0 fully saturated rings. The Labute approximate surface area is 224 Å². The highest BCUT2D eigenvalue weighted by Gasteiger charge is 2.32. The number of hydrogen-bond acceptors (Lipinski definition) is 6. The van der Waals surface area contributed by atoms with E-state index in [0.717, 1.165) is 26.9 Å². The lowest BCUT2D eigenvalue weighted by molar-refractivity contribution is -0.163. The molecular weight excluding hydrogens is 482 g/mol. The predicted molar refractivity (Wildman–Crippen MR) is 147 cm³/mol. The van der Waals surface area contributed by atoms with E-state index >= 15 is 0 Å². The van der Waals surface area contributed by atoms with Gasteiger partial charge in [0.05, 0.1) is 6.04 Å². The fraction of sp³-hybridized carbons (Fsp3) is 0.367. The van der Waals surface area contributed by atoms with E-state index in [1.54, 1.807) is 20.8 Å². The summed E-state index contributed by atoms with van der Waals surface area (Å²) in [6, 6.07) is 22.8. The number of hydrogen-bond donors (Lipinski definition) is 2. The fourth-order valence-electron chi connectivity index (χ4n) is 4.11. The molecule has 0 bridgehead atoms. The summed E-state index contributed by atoms with van der Waals surface area (Å²) in [5, 5.41) is 6.03.